The van der Waals surface area contributed by atoms with Crippen molar-refractivity contribution in [2.24, 2.45) is 5.41 Å². The quantitative estimate of drug-likeness (QED) is 0.850. The van der Waals surface area contributed by atoms with Crippen LogP contribution in [0, 0.1) is 5.41 Å². The molecule has 1 unspecified atom stereocenters. The topological polar surface area (TPSA) is 66.5 Å². The average molecular weight is 314 g/mol. The molecular weight excluding hydrogens is 292 g/mol. The van der Waals surface area contributed by atoms with Gasteiger partial charge in [0, 0.05) is 11.8 Å². The summed E-state index contributed by atoms with van der Waals surface area (Å²) >= 11 is 0. The van der Waals surface area contributed by atoms with E-state index in [0.29, 0.717) is 12.8 Å². The molecule has 3 amide bonds. The number of benzene rings is 1. The highest BCUT2D eigenvalue weighted by atomic mass is 16.2. The van der Waals surface area contributed by atoms with Crippen molar-refractivity contribution in [2.45, 2.75) is 45.6 Å². The van der Waals surface area contributed by atoms with Crippen LogP contribution in [-0.4, -0.2) is 34.7 Å². The zero-order chi connectivity index (χ0) is 16.8. The van der Waals surface area contributed by atoms with Gasteiger partial charge in [-0.1, -0.05) is 45.0 Å². The maximum atomic E-state index is 12.9. The van der Waals surface area contributed by atoms with E-state index >= 15 is 0 Å². The van der Waals surface area contributed by atoms with Crippen LogP contribution in [0.3, 0.4) is 0 Å². The van der Waals surface area contributed by atoms with E-state index in [1.807, 2.05) is 18.2 Å². The Labute approximate surface area is 136 Å². The van der Waals surface area contributed by atoms with Crippen LogP contribution in [0.25, 0.3) is 0 Å². The second kappa shape index (κ2) is 5.18. The molecule has 0 radical (unpaired) electrons. The van der Waals surface area contributed by atoms with Gasteiger partial charge in [0.2, 0.25) is 0 Å². The number of aryl methyl sites for hydroxylation is 1. The smallest absolute Gasteiger partial charge is 0.323 e. The highest BCUT2D eigenvalue weighted by Crippen LogP contribution is 2.33. The van der Waals surface area contributed by atoms with Gasteiger partial charge in [0.25, 0.3) is 5.91 Å². The third-order valence-corrected chi connectivity index (χ3v) is 4.82. The van der Waals surface area contributed by atoms with Crippen LogP contribution >= 0.6 is 0 Å². The first kappa shape index (κ1) is 15.7. The van der Waals surface area contributed by atoms with Crippen molar-refractivity contribution in [1.82, 2.24) is 10.2 Å². The number of rotatable bonds is 2. The van der Waals surface area contributed by atoms with E-state index in [2.05, 4.69) is 11.4 Å². The first-order chi connectivity index (χ1) is 10.7. The van der Waals surface area contributed by atoms with Crippen molar-refractivity contribution >= 4 is 17.7 Å². The Morgan fingerprint density at radius 2 is 1.87 bits per heavy atom. The van der Waals surface area contributed by atoms with Crippen molar-refractivity contribution in [2.75, 3.05) is 6.54 Å². The van der Waals surface area contributed by atoms with Crippen molar-refractivity contribution in [3.63, 3.8) is 0 Å². The molecule has 3 rings (SSSR count). The van der Waals surface area contributed by atoms with E-state index in [9.17, 15) is 14.4 Å². The molecule has 5 nitrogen and oxygen atoms in total. The number of Topliss-reactive ketones (excluding diaryl/α,β-unsaturated/α-hetero) is 1. The van der Waals surface area contributed by atoms with E-state index in [0.717, 1.165) is 16.9 Å². The Hall–Kier alpha value is -2.17. The number of imide groups is 1. The van der Waals surface area contributed by atoms with Crippen LogP contribution in [0.2, 0.25) is 0 Å². The van der Waals surface area contributed by atoms with Crippen LogP contribution in [0.15, 0.2) is 24.3 Å². The van der Waals surface area contributed by atoms with Gasteiger partial charge in [-0.3, -0.25) is 14.5 Å². The summed E-state index contributed by atoms with van der Waals surface area (Å²) in [4.78, 5) is 38.4. The lowest BCUT2D eigenvalue weighted by Gasteiger charge is -2.32. The molecule has 1 atom stereocenters. The predicted molar refractivity (Wildman–Crippen MR) is 85.9 cm³/mol. The van der Waals surface area contributed by atoms with E-state index in [4.69, 9.17) is 0 Å². The Morgan fingerprint density at radius 1 is 1.22 bits per heavy atom. The van der Waals surface area contributed by atoms with Crippen molar-refractivity contribution in [3.05, 3.63) is 35.4 Å². The fourth-order valence-corrected chi connectivity index (χ4v) is 3.23. The van der Waals surface area contributed by atoms with Crippen LogP contribution in [0.4, 0.5) is 4.79 Å². The van der Waals surface area contributed by atoms with Gasteiger partial charge in [0.05, 0.1) is 6.54 Å². The highest BCUT2D eigenvalue weighted by molar-refractivity contribution is 6.09. The number of ketones is 1. The van der Waals surface area contributed by atoms with Gasteiger partial charge >= 0.3 is 6.03 Å². The largest absolute Gasteiger partial charge is 0.325 e. The summed E-state index contributed by atoms with van der Waals surface area (Å²) in [7, 11) is 0. The summed E-state index contributed by atoms with van der Waals surface area (Å²) in [5.74, 6) is -0.385. The van der Waals surface area contributed by atoms with Gasteiger partial charge < -0.3 is 5.32 Å². The minimum Gasteiger partial charge on any atom is -0.323 e. The maximum absolute atomic E-state index is 12.9. The number of carbonyl (C=O) groups is 3. The number of nitrogens with one attached hydrogen (secondary N) is 1. The van der Waals surface area contributed by atoms with Crippen molar-refractivity contribution < 1.29 is 14.4 Å². The standard InChI is InChI=1S/C18H22N2O3/c1-17(2,3)14(21)11-20-15(22)18(19-16(20)23)9-8-12-6-4-5-7-13(12)10-18/h4-7H,8-11H2,1-3H3,(H,19,23). The van der Waals surface area contributed by atoms with Crippen molar-refractivity contribution in [3.8, 4) is 0 Å². The number of hydrogen-bond donors (Lipinski definition) is 1. The minimum absolute atomic E-state index is 0.116. The van der Waals surface area contributed by atoms with E-state index < -0.39 is 17.0 Å². The molecule has 0 saturated carbocycles. The molecule has 1 spiro atoms. The predicted octanol–water partition coefficient (Wildman–Crippen LogP) is 2.08. The number of amides is 3. The molecule has 2 aliphatic rings. The fourth-order valence-electron chi connectivity index (χ4n) is 3.23. The zero-order valence-corrected chi connectivity index (χ0v) is 13.8. The lowest BCUT2D eigenvalue weighted by atomic mass is 9.78. The Morgan fingerprint density at radius 3 is 2.52 bits per heavy atom. The summed E-state index contributed by atoms with van der Waals surface area (Å²) in [6, 6.07) is 7.54. The number of urea groups is 1. The molecule has 1 aromatic carbocycles. The van der Waals surface area contributed by atoms with E-state index in [1.165, 1.54) is 5.56 Å². The van der Waals surface area contributed by atoms with Crippen LogP contribution in [0.5, 0.6) is 0 Å². The molecule has 1 aromatic rings. The average Bonchev–Trinajstić information content (AvgIpc) is 2.70. The number of nitrogens with zero attached hydrogens (tertiary/aromatic N) is 1. The Balaban J connectivity index is 1.83. The lowest BCUT2D eigenvalue weighted by molar-refractivity contribution is -0.136. The first-order valence-electron chi connectivity index (χ1n) is 7.97. The summed E-state index contributed by atoms with van der Waals surface area (Å²) in [5, 5.41) is 2.85. The molecule has 23 heavy (non-hydrogen) atoms. The van der Waals surface area contributed by atoms with Crippen molar-refractivity contribution in [1.29, 1.82) is 0 Å². The molecular formula is C18H22N2O3. The van der Waals surface area contributed by atoms with E-state index in [-0.39, 0.29) is 18.2 Å². The molecule has 1 saturated heterocycles. The second-order valence-corrected chi connectivity index (χ2v) is 7.52. The molecule has 1 N–H and O–H groups in total. The normalized spacial score (nSPS) is 23.9. The third-order valence-electron chi connectivity index (χ3n) is 4.82. The highest BCUT2D eigenvalue weighted by Gasteiger charge is 2.52. The summed E-state index contributed by atoms with van der Waals surface area (Å²) in [6.45, 7) is 5.22. The van der Waals surface area contributed by atoms with Gasteiger partial charge in [0.15, 0.2) is 5.78 Å². The Kier molecular flexibility index (Phi) is 3.54. The first-order valence-corrected chi connectivity index (χ1v) is 7.97. The minimum atomic E-state index is -0.885. The fraction of sp³-hybridized carbons (Fsp3) is 0.500. The molecule has 1 heterocycles. The number of fused-ring (bicyclic) bond motifs is 1. The third kappa shape index (κ3) is 2.64. The van der Waals surface area contributed by atoms with Gasteiger partial charge in [-0.15, -0.1) is 0 Å². The SMILES string of the molecule is CC(C)(C)C(=O)CN1C(=O)NC2(CCc3ccccc3C2)C1=O. The van der Waals surface area contributed by atoms with E-state index in [1.54, 1.807) is 20.8 Å². The summed E-state index contributed by atoms with van der Waals surface area (Å²) in [6.07, 6.45) is 1.83. The number of hydrogen-bond acceptors (Lipinski definition) is 3. The second-order valence-electron chi connectivity index (χ2n) is 7.52. The summed E-state index contributed by atoms with van der Waals surface area (Å²) in [5.41, 5.74) is 0.861. The molecule has 122 valence electrons. The molecule has 0 aromatic heterocycles. The van der Waals surface area contributed by atoms with Gasteiger partial charge in [-0.25, -0.2) is 4.79 Å². The number of carbonyl (C=O) groups excluding carboxylic acids is 3. The molecule has 1 fully saturated rings. The zero-order valence-electron chi connectivity index (χ0n) is 13.8. The van der Waals surface area contributed by atoms with Gasteiger partial charge in [-0.2, -0.15) is 0 Å². The Bertz CT molecular complexity index is 690. The van der Waals surface area contributed by atoms with Crippen LogP contribution in [0.1, 0.15) is 38.3 Å². The summed E-state index contributed by atoms with van der Waals surface area (Å²) < 4.78 is 0. The monoisotopic (exact) mass is 314 g/mol. The van der Waals surface area contributed by atoms with Gasteiger partial charge in [0.1, 0.15) is 5.54 Å². The lowest BCUT2D eigenvalue weighted by Crippen LogP contribution is -2.51. The molecule has 1 aliphatic heterocycles. The van der Waals surface area contributed by atoms with Crippen LogP contribution < -0.4 is 5.32 Å². The molecule has 0 bridgehead atoms. The maximum Gasteiger partial charge on any atom is 0.325 e. The molecule has 1 aliphatic carbocycles. The molecule has 5 heteroatoms. The van der Waals surface area contributed by atoms with Crippen LogP contribution in [-0.2, 0) is 22.4 Å². The van der Waals surface area contributed by atoms with Gasteiger partial charge in [-0.05, 0) is 24.0 Å².